The van der Waals surface area contributed by atoms with Crippen LogP contribution in [0.3, 0.4) is 0 Å². The molecule has 3 rings (SSSR count). The molecule has 3 aromatic rings. The maximum Gasteiger partial charge on any atom is 0.261 e. The van der Waals surface area contributed by atoms with Crippen molar-refractivity contribution in [1.29, 1.82) is 0 Å². The van der Waals surface area contributed by atoms with Crippen molar-refractivity contribution in [2.75, 3.05) is 5.73 Å². The standard InChI is InChI=1S/C12H11N5OS/c1-6-7(2)19-10(13)9(6)12-16-11(17-18-12)8-3-4-14-5-15-8/h3-5H,13H2,1-2H3. The summed E-state index contributed by atoms with van der Waals surface area (Å²) in [6.45, 7) is 4.01. The summed E-state index contributed by atoms with van der Waals surface area (Å²) in [6.07, 6.45) is 3.08. The average Bonchev–Trinajstić information content (AvgIpc) is 2.97. The van der Waals surface area contributed by atoms with Gasteiger partial charge in [-0.25, -0.2) is 9.97 Å². The smallest absolute Gasteiger partial charge is 0.261 e. The quantitative estimate of drug-likeness (QED) is 0.771. The summed E-state index contributed by atoms with van der Waals surface area (Å²) in [6, 6.07) is 1.73. The van der Waals surface area contributed by atoms with Crippen molar-refractivity contribution in [3.63, 3.8) is 0 Å². The first-order valence-corrected chi connectivity index (χ1v) is 6.44. The molecule has 0 saturated carbocycles. The summed E-state index contributed by atoms with van der Waals surface area (Å²) >= 11 is 1.52. The Kier molecular flexibility index (Phi) is 2.75. The predicted molar refractivity (Wildman–Crippen MR) is 72.5 cm³/mol. The molecule has 0 amide bonds. The van der Waals surface area contributed by atoms with Crippen LogP contribution < -0.4 is 5.73 Å². The summed E-state index contributed by atoms with van der Waals surface area (Å²) < 4.78 is 5.29. The summed E-state index contributed by atoms with van der Waals surface area (Å²) in [4.78, 5) is 13.4. The Morgan fingerprint density at radius 3 is 2.79 bits per heavy atom. The number of thiophene rings is 1. The highest BCUT2D eigenvalue weighted by atomic mass is 32.1. The van der Waals surface area contributed by atoms with Gasteiger partial charge in [-0.1, -0.05) is 5.16 Å². The van der Waals surface area contributed by atoms with E-state index in [1.807, 2.05) is 13.8 Å². The van der Waals surface area contributed by atoms with Gasteiger partial charge in [0.2, 0.25) is 5.82 Å². The van der Waals surface area contributed by atoms with Crippen LogP contribution in [-0.4, -0.2) is 20.1 Å². The van der Waals surface area contributed by atoms with Gasteiger partial charge >= 0.3 is 0 Å². The van der Waals surface area contributed by atoms with Crippen LogP contribution in [0.1, 0.15) is 10.4 Å². The van der Waals surface area contributed by atoms with Crippen LogP contribution in [0.5, 0.6) is 0 Å². The minimum Gasteiger partial charge on any atom is -0.390 e. The van der Waals surface area contributed by atoms with Crippen molar-refractivity contribution in [1.82, 2.24) is 20.1 Å². The van der Waals surface area contributed by atoms with Gasteiger partial charge in [0.1, 0.15) is 12.0 Å². The molecule has 0 radical (unpaired) electrons. The van der Waals surface area contributed by atoms with Crippen molar-refractivity contribution >= 4 is 16.3 Å². The molecule has 0 bridgehead atoms. The molecule has 19 heavy (non-hydrogen) atoms. The third-order valence-corrected chi connectivity index (χ3v) is 3.90. The molecule has 3 heterocycles. The Balaban J connectivity index is 2.07. The Morgan fingerprint density at radius 2 is 2.16 bits per heavy atom. The summed E-state index contributed by atoms with van der Waals surface area (Å²) in [5.41, 5.74) is 8.49. The minimum atomic E-state index is 0.424. The molecule has 0 fully saturated rings. The Bertz CT molecular complexity index is 719. The third kappa shape index (κ3) is 1.97. The van der Waals surface area contributed by atoms with Gasteiger partial charge in [0.25, 0.3) is 5.89 Å². The number of nitrogens with two attached hydrogens (primary N) is 1. The van der Waals surface area contributed by atoms with Gasteiger partial charge in [0.15, 0.2) is 0 Å². The van der Waals surface area contributed by atoms with Crippen LogP contribution in [0, 0.1) is 13.8 Å². The van der Waals surface area contributed by atoms with Crippen LogP contribution >= 0.6 is 11.3 Å². The van der Waals surface area contributed by atoms with E-state index in [0.717, 1.165) is 16.0 Å². The van der Waals surface area contributed by atoms with E-state index >= 15 is 0 Å². The molecule has 0 saturated heterocycles. The van der Waals surface area contributed by atoms with E-state index in [2.05, 4.69) is 20.1 Å². The lowest BCUT2D eigenvalue weighted by Crippen LogP contribution is -1.88. The summed E-state index contributed by atoms with van der Waals surface area (Å²) in [5, 5.41) is 4.61. The van der Waals surface area contributed by atoms with Crippen molar-refractivity contribution in [3.8, 4) is 23.0 Å². The van der Waals surface area contributed by atoms with Crippen LogP contribution in [0.25, 0.3) is 23.0 Å². The van der Waals surface area contributed by atoms with Gasteiger partial charge in [-0.05, 0) is 25.5 Å². The average molecular weight is 273 g/mol. The molecule has 0 unspecified atom stereocenters. The second-order valence-corrected chi connectivity index (χ2v) is 5.30. The van der Waals surface area contributed by atoms with Gasteiger partial charge < -0.3 is 10.3 Å². The zero-order valence-electron chi connectivity index (χ0n) is 10.4. The Labute approximate surface area is 113 Å². The highest BCUT2D eigenvalue weighted by Crippen LogP contribution is 2.37. The number of hydrogen-bond acceptors (Lipinski definition) is 7. The molecule has 96 valence electrons. The number of aryl methyl sites for hydroxylation is 1. The first-order valence-electron chi connectivity index (χ1n) is 5.62. The SMILES string of the molecule is Cc1sc(N)c(-c2nc(-c3ccncn3)no2)c1C. The molecule has 0 aromatic carbocycles. The van der Waals surface area contributed by atoms with Crippen LogP contribution in [0.4, 0.5) is 5.00 Å². The lowest BCUT2D eigenvalue weighted by atomic mass is 10.1. The molecule has 7 heteroatoms. The van der Waals surface area contributed by atoms with E-state index < -0.39 is 0 Å². The van der Waals surface area contributed by atoms with Crippen LogP contribution in [0.15, 0.2) is 23.1 Å². The van der Waals surface area contributed by atoms with E-state index in [9.17, 15) is 0 Å². The maximum absolute atomic E-state index is 5.99. The number of anilines is 1. The Hall–Kier alpha value is -2.28. The molecular formula is C12H11N5OS. The second kappa shape index (κ2) is 4.43. The third-order valence-electron chi connectivity index (χ3n) is 2.86. The van der Waals surface area contributed by atoms with Crippen LogP contribution in [-0.2, 0) is 0 Å². The first-order chi connectivity index (χ1) is 9.16. The molecular weight excluding hydrogens is 262 g/mol. The normalized spacial score (nSPS) is 10.8. The number of hydrogen-bond donors (Lipinski definition) is 1. The molecule has 2 N–H and O–H groups in total. The highest BCUT2D eigenvalue weighted by molar-refractivity contribution is 7.16. The van der Waals surface area contributed by atoms with Gasteiger partial charge in [-0.15, -0.1) is 11.3 Å². The number of rotatable bonds is 2. The second-order valence-electron chi connectivity index (χ2n) is 4.04. The lowest BCUT2D eigenvalue weighted by molar-refractivity contribution is 0.432. The van der Waals surface area contributed by atoms with Gasteiger partial charge in [0.05, 0.1) is 10.6 Å². The summed E-state index contributed by atoms with van der Waals surface area (Å²) in [7, 11) is 0. The van der Waals surface area contributed by atoms with Crippen molar-refractivity contribution in [3.05, 3.63) is 29.0 Å². The van der Waals surface area contributed by atoms with Gasteiger partial charge in [0, 0.05) is 11.1 Å². The molecule has 6 nitrogen and oxygen atoms in total. The van der Waals surface area contributed by atoms with E-state index in [4.69, 9.17) is 10.3 Å². The molecule has 0 atom stereocenters. The van der Waals surface area contributed by atoms with E-state index in [1.54, 1.807) is 12.3 Å². The van der Waals surface area contributed by atoms with E-state index in [-0.39, 0.29) is 0 Å². The van der Waals surface area contributed by atoms with Crippen molar-refractivity contribution < 1.29 is 4.52 Å². The summed E-state index contributed by atoms with van der Waals surface area (Å²) in [5.74, 6) is 0.855. The van der Waals surface area contributed by atoms with Crippen LogP contribution in [0.2, 0.25) is 0 Å². The highest BCUT2D eigenvalue weighted by Gasteiger charge is 2.19. The largest absolute Gasteiger partial charge is 0.390 e. The van der Waals surface area contributed by atoms with Gasteiger partial charge in [-0.2, -0.15) is 4.98 Å². The number of nitrogen functional groups attached to an aromatic ring is 1. The fourth-order valence-electron chi connectivity index (χ4n) is 1.77. The first kappa shape index (κ1) is 11.8. The van der Waals surface area contributed by atoms with E-state index in [1.165, 1.54) is 17.7 Å². The minimum absolute atomic E-state index is 0.424. The van der Waals surface area contributed by atoms with Crippen molar-refractivity contribution in [2.24, 2.45) is 0 Å². The molecule has 0 aliphatic carbocycles. The van der Waals surface area contributed by atoms with E-state index in [0.29, 0.717) is 22.4 Å². The number of aromatic nitrogens is 4. The monoisotopic (exact) mass is 273 g/mol. The maximum atomic E-state index is 5.99. The zero-order valence-corrected chi connectivity index (χ0v) is 11.2. The Morgan fingerprint density at radius 1 is 1.32 bits per heavy atom. The van der Waals surface area contributed by atoms with Crippen molar-refractivity contribution in [2.45, 2.75) is 13.8 Å². The zero-order chi connectivity index (χ0) is 13.4. The number of nitrogens with zero attached hydrogens (tertiary/aromatic N) is 4. The molecule has 0 aliphatic heterocycles. The lowest BCUT2D eigenvalue weighted by Gasteiger charge is -1.94. The molecule has 3 aromatic heterocycles. The molecule has 0 spiro atoms. The fourth-order valence-corrected chi connectivity index (χ4v) is 2.70. The molecule has 0 aliphatic rings. The fraction of sp³-hybridized carbons (Fsp3) is 0.167. The predicted octanol–water partition coefficient (Wildman–Crippen LogP) is 2.45. The topological polar surface area (TPSA) is 90.7 Å². The van der Waals surface area contributed by atoms with Gasteiger partial charge in [-0.3, -0.25) is 0 Å².